The molecule has 0 saturated carbocycles. The Morgan fingerprint density at radius 2 is 2.18 bits per heavy atom. The van der Waals surface area contributed by atoms with Crippen molar-refractivity contribution in [2.24, 2.45) is 5.73 Å². The molecular weight excluding hydrogens is 236 g/mol. The Kier molecular flexibility index (Phi) is 6.69. The highest BCUT2D eigenvalue weighted by Gasteiger charge is 2.11. The number of thioether (sulfide) groups is 1. The third-order valence-corrected chi connectivity index (χ3v) is 3.11. The summed E-state index contributed by atoms with van der Waals surface area (Å²) in [5.74, 6) is 0.663. The third-order valence-electron chi connectivity index (χ3n) is 2.10. The van der Waals surface area contributed by atoms with E-state index in [0.717, 1.165) is 5.75 Å². The molecule has 1 atom stereocenters. The topological polar surface area (TPSA) is 64.3 Å². The molecule has 0 aliphatic heterocycles. The lowest BCUT2D eigenvalue weighted by molar-refractivity contribution is -0.123. The van der Waals surface area contributed by atoms with Crippen LogP contribution in [0.15, 0.2) is 35.2 Å². The second-order valence-electron chi connectivity index (χ2n) is 3.51. The summed E-state index contributed by atoms with van der Waals surface area (Å²) < 4.78 is 4.81. The maximum absolute atomic E-state index is 11.4. The van der Waals surface area contributed by atoms with Crippen molar-refractivity contribution < 1.29 is 9.53 Å². The molecule has 4 nitrogen and oxygen atoms in total. The quantitative estimate of drug-likeness (QED) is 0.560. The maximum Gasteiger partial charge on any atom is 0.239 e. The second kappa shape index (κ2) is 8.11. The molecule has 1 unspecified atom stereocenters. The summed E-state index contributed by atoms with van der Waals surface area (Å²) in [5.41, 5.74) is 5.58. The number of benzene rings is 1. The van der Waals surface area contributed by atoms with Gasteiger partial charge in [0.25, 0.3) is 0 Å². The molecule has 1 amide bonds. The Morgan fingerprint density at radius 3 is 2.82 bits per heavy atom. The monoisotopic (exact) mass is 254 g/mol. The van der Waals surface area contributed by atoms with Crippen molar-refractivity contribution in [1.82, 2.24) is 5.32 Å². The minimum absolute atomic E-state index is 0.166. The number of methoxy groups -OCH3 is 1. The van der Waals surface area contributed by atoms with Crippen LogP contribution in [0, 0.1) is 0 Å². The molecule has 3 N–H and O–H groups in total. The molecule has 17 heavy (non-hydrogen) atoms. The van der Waals surface area contributed by atoms with Crippen LogP contribution in [0.1, 0.15) is 0 Å². The first-order valence-corrected chi connectivity index (χ1v) is 6.42. The van der Waals surface area contributed by atoms with Crippen LogP contribution in [0.3, 0.4) is 0 Å². The molecular formula is C12H18N2O2S. The highest BCUT2D eigenvalue weighted by atomic mass is 32.2. The molecule has 0 bridgehead atoms. The van der Waals surface area contributed by atoms with Gasteiger partial charge in [-0.2, -0.15) is 0 Å². The molecule has 0 saturated heterocycles. The van der Waals surface area contributed by atoms with Crippen LogP contribution >= 0.6 is 11.8 Å². The average Bonchev–Trinajstić information content (AvgIpc) is 2.36. The van der Waals surface area contributed by atoms with Crippen molar-refractivity contribution in [3.63, 3.8) is 0 Å². The molecule has 5 heteroatoms. The van der Waals surface area contributed by atoms with E-state index >= 15 is 0 Å². The average molecular weight is 254 g/mol. The number of nitrogens with one attached hydrogen (secondary N) is 1. The number of carbonyl (C=O) groups is 1. The summed E-state index contributed by atoms with van der Waals surface area (Å²) >= 11 is 1.70. The molecule has 1 aromatic carbocycles. The van der Waals surface area contributed by atoms with Crippen molar-refractivity contribution in [3.8, 4) is 0 Å². The third kappa shape index (κ3) is 5.72. The Balaban J connectivity index is 2.14. The Morgan fingerprint density at radius 1 is 1.47 bits per heavy atom. The van der Waals surface area contributed by atoms with Gasteiger partial charge in [0.05, 0.1) is 6.61 Å². The largest absolute Gasteiger partial charge is 0.383 e. The van der Waals surface area contributed by atoms with Crippen molar-refractivity contribution in [1.29, 1.82) is 0 Å². The molecule has 1 rings (SSSR count). The number of ether oxygens (including phenoxy) is 1. The van der Waals surface area contributed by atoms with Crippen LogP contribution in [0.5, 0.6) is 0 Å². The fourth-order valence-electron chi connectivity index (χ4n) is 1.25. The molecule has 0 heterocycles. The Labute approximate surface area is 106 Å². The van der Waals surface area contributed by atoms with E-state index in [-0.39, 0.29) is 12.5 Å². The van der Waals surface area contributed by atoms with Gasteiger partial charge in [0.2, 0.25) is 5.91 Å². The molecule has 94 valence electrons. The van der Waals surface area contributed by atoms with Crippen LogP contribution in [-0.4, -0.2) is 38.0 Å². The first-order chi connectivity index (χ1) is 8.24. The molecule has 0 fully saturated rings. The van der Waals surface area contributed by atoms with E-state index in [1.165, 1.54) is 12.0 Å². The standard InChI is InChI=1S/C12H18N2O2S/c1-16-9-11(13)12(15)14-7-8-17-10-5-3-2-4-6-10/h2-6,11H,7-9,13H2,1H3,(H,14,15). The smallest absolute Gasteiger partial charge is 0.239 e. The lowest BCUT2D eigenvalue weighted by atomic mass is 10.3. The van der Waals surface area contributed by atoms with Crippen molar-refractivity contribution >= 4 is 17.7 Å². The van der Waals surface area contributed by atoms with Crippen LogP contribution in [-0.2, 0) is 9.53 Å². The predicted octanol–water partition coefficient (Wildman–Crippen LogP) is 0.869. The summed E-state index contributed by atoms with van der Waals surface area (Å²) in [6, 6.07) is 9.48. The number of amides is 1. The maximum atomic E-state index is 11.4. The SMILES string of the molecule is COCC(N)C(=O)NCCSc1ccccc1. The zero-order valence-corrected chi connectivity index (χ0v) is 10.7. The van der Waals surface area contributed by atoms with Gasteiger partial charge in [-0.15, -0.1) is 11.8 Å². The van der Waals surface area contributed by atoms with E-state index in [1.54, 1.807) is 11.8 Å². The van der Waals surface area contributed by atoms with E-state index < -0.39 is 6.04 Å². The van der Waals surface area contributed by atoms with Crippen LogP contribution in [0.4, 0.5) is 0 Å². The highest BCUT2D eigenvalue weighted by Crippen LogP contribution is 2.15. The number of rotatable bonds is 7. The molecule has 0 aromatic heterocycles. The predicted molar refractivity (Wildman–Crippen MR) is 70.0 cm³/mol. The second-order valence-corrected chi connectivity index (χ2v) is 4.68. The van der Waals surface area contributed by atoms with Crippen molar-refractivity contribution in [2.75, 3.05) is 26.0 Å². The van der Waals surface area contributed by atoms with Gasteiger partial charge in [-0.1, -0.05) is 18.2 Å². The van der Waals surface area contributed by atoms with Gasteiger partial charge in [0, 0.05) is 24.3 Å². The zero-order chi connectivity index (χ0) is 12.5. The van der Waals surface area contributed by atoms with Crippen molar-refractivity contribution in [2.45, 2.75) is 10.9 Å². The minimum atomic E-state index is -0.582. The van der Waals surface area contributed by atoms with Gasteiger partial charge in [-0.05, 0) is 12.1 Å². The Hall–Kier alpha value is -1.04. The van der Waals surface area contributed by atoms with Gasteiger partial charge >= 0.3 is 0 Å². The number of carbonyl (C=O) groups excluding carboxylic acids is 1. The van der Waals surface area contributed by atoms with Gasteiger partial charge < -0.3 is 15.8 Å². The van der Waals surface area contributed by atoms with E-state index in [4.69, 9.17) is 10.5 Å². The van der Waals surface area contributed by atoms with E-state index in [2.05, 4.69) is 5.32 Å². The molecule has 0 radical (unpaired) electrons. The lowest BCUT2D eigenvalue weighted by Crippen LogP contribution is -2.44. The first kappa shape index (κ1) is 14.0. The lowest BCUT2D eigenvalue weighted by Gasteiger charge is -2.10. The van der Waals surface area contributed by atoms with E-state index in [0.29, 0.717) is 6.54 Å². The number of hydrogen-bond acceptors (Lipinski definition) is 4. The van der Waals surface area contributed by atoms with E-state index in [9.17, 15) is 4.79 Å². The molecule has 1 aromatic rings. The molecule has 0 aliphatic carbocycles. The van der Waals surface area contributed by atoms with Crippen LogP contribution < -0.4 is 11.1 Å². The molecule has 0 spiro atoms. The van der Waals surface area contributed by atoms with Gasteiger partial charge in [0.15, 0.2) is 0 Å². The molecule has 0 aliphatic rings. The fourth-order valence-corrected chi connectivity index (χ4v) is 2.04. The highest BCUT2D eigenvalue weighted by molar-refractivity contribution is 7.99. The van der Waals surface area contributed by atoms with E-state index in [1.807, 2.05) is 30.3 Å². The fraction of sp³-hybridized carbons (Fsp3) is 0.417. The summed E-state index contributed by atoms with van der Waals surface area (Å²) in [6.07, 6.45) is 0. The van der Waals surface area contributed by atoms with Crippen LogP contribution in [0.25, 0.3) is 0 Å². The summed E-state index contributed by atoms with van der Waals surface area (Å²) in [7, 11) is 1.53. The van der Waals surface area contributed by atoms with Gasteiger partial charge in [-0.25, -0.2) is 0 Å². The minimum Gasteiger partial charge on any atom is -0.383 e. The Bertz CT molecular complexity index is 333. The zero-order valence-electron chi connectivity index (χ0n) is 9.89. The normalized spacial score (nSPS) is 12.1. The number of nitrogens with two attached hydrogens (primary N) is 1. The summed E-state index contributed by atoms with van der Waals surface area (Å²) in [6.45, 7) is 0.855. The van der Waals surface area contributed by atoms with Gasteiger partial charge in [-0.3, -0.25) is 4.79 Å². The van der Waals surface area contributed by atoms with Crippen LogP contribution in [0.2, 0.25) is 0 Å². The number of hydrogen-bond donors (Lipinski definition) is 2. The summed E-state index contributed by atoms with van der Waals surface area (Å²) in [5, 5.41) is 2.77. The summed E-state index contributed by atoms with van der Waals surface area (Å²) in [4.78, 5) is 12.6. The van der Waals surface area contributed by atoms with Gasteiger partial charge in [0.1, 0.15) is 6.04 Å². The first-order valence-electron chi connectivity index (χ1n) is 5.44. The van der Waals surface area contributed by atoms with Crippen molar-refractivity contribution in [3.05, 3.63) is 30.3 Å².